The van der Waals surface area contributed by atoms with Crippen molar-refractivity contribution in [1.82, 2.24) is 19.6 Å². The summed E-state index contributed by atoms with van der Waals surface area (Å²) in [5.41, 5.74) is 0.671. The number of thiophene rings is 1. The first-order valence-electron chi connectivity index (χ1n) is 7.43. The van der Waals surface area contributed by atoms with Crippen LogP contribution >= 0.6 is 11.3 Å². The Balaban J connectivity index is 1.53. The second kappa shape index (κ2) is 6.41. The minimum Gasteiger partial charge on any atom is -0.334 e. The average Bonchev–Trinajstić information content (AvgIpc) is 3.15. The molecule has 3 amide bonds. The molecule has 0 radical (unpaired) electrons. The molecule has 0 atom stereocenters. The summed E-state index contributed by atoms with van der Waals surface area (Å²) in [6, 6.07) is 3.66. The van der Waals surface area contributed by atoms with Gasteiger partial charge in [0.1, 0.15) is 0 Å². The summed E-state index contributed by atoms with van der Waals surface area (Å²) >= 11 is 1.51. The monoisotopic (exact) mass is 333 g/mol. The summed E-state index contributed by atoms with van der Waals surface area (Å²) in [6.07, 6.45) is 3.35. The molecule has 2 aromatic rings. The quantitative estimate of drug-likeness (QED) is 0.911. The van der Waals surface area contributed by atoms with Crippen LogP contribution in [0.5, 0.6) is 0 Å². The number of aromatic nitrogens is 2. The molecule has 0 aliphatic carbocycles. The zero-order valence-electron chi connectivity index (χ0n) is 13.2. The molecule has 1 fully saturated rings. The Morgan fingerprint density at radius 2 is 1.87 bits per heavy atom. The van der Waals surface area contributed by atoms with Crippen molar-refractivity contribution in [2.45, 2.75) is 6.92 Å². The predicted molar refractivity (Wildman–Crippen MR) is 88.8 cm³/mol. The number of anilines is 1. The van der Waals surface area contributed by atoms with Crippen molar-refractivity contribution in [1.29, 1.82) is 0 Å². The fourth-order valence-corrected chi connectivity index (χ4v) is 3.34. The highest BCUT2D eigenvalue weighted by atomic mass is 32.1. The van der Waals surface area contributed by atoms with Crippen molar-refractivity contribution in [3.8, 4) is 0 Å². The Labute approximate surface area is 138 Å². The maximum atomic E-state index is 12.4. The van der Waals surface area contributed by atoms with E-state index < -0.39 is 0 Å². The maximum absolute atomic E-state index is 12.4. The molecule has 23 heavy (non-hydrogen) atoms. The smallest absolute Gasteiger partial charge is 0.322 e. The molecule has 1 saturated heterocycles. The van der Waals surface area contributed by atoms with Crippen LogP contribution in [0.3, 0.4) is 0 Å². The molecule has 1 N–H and O–H groups in total. The fourth-order valence-electron chi connectivity index (χ4n) is 2.51. The van der Waals surface area contributed by atoms with E-state index in [0.717, 1.165) is 9.75 Å². The number of carbonyl (C=O) groups is 2. The van der Waals surface area contributed by atoms with E-state index >= 15 is 0 Å². The number of nitrogens with one attached hydrogen (secondary N) is 1. The second-order valence-corrected chi connectivity index (χ2v) is 6.81. The predicted octanol–water partition coefficient (Wildman–Crippen LogP) is 1.78. The number of amides is 3. The molecule has 1 aliphatic rings. The van der Waals surface area contributed by atoms with Crippen molar-refractivity contribution in [2.24, 2.45) is 7.05 Å². The van der Waals surface area contributed by atoms with Crippen LogP contribution in [0, 0.1) is 6.92 Å². The number of aryl methyl sites for hydroxylation is 2. The topological polar surface area (TPSA) is 70.5 Å². The zero-order chi connectivity index (χ0) is 16.4. The molecule has 3 heterocycles. The van der Waals surface area contributed by atoms with Gasteiger partial charge in [-0.2, -0.15) is 5.10 Å². The number of hydrogen-bond acceptors (Lipinski definition) is 4. The highest BCUT2D eigenvalue weighted by molar-refractivity contribution is 7.13. The Morgan fingerprint density at radius 3 is 2.43 bits per heavy atom. The summed E-state index contributed by atoms with van der Waals surface area (Å²) in [5.74, 6) is 0.0513. The number of piperazine rings is 1. The zero-order valence-corrected chi connectivity index (χ0v) is 14.0. The third-order valence-corrected chi connectivity index (χ3v) is 4.75. The lowest BCUT2D eigenvalue weighted by Crippen LogP contribution is -2.51. The van der Waals surface area contributed by atoms with Gasteiger partial charge in [0.15, 0.2) is 0 Å². The van der Waals surface area contributed by atoms with Crippen molar-refractivity contribution < 1.29 is 9.59 Å². The second-order valence-electron chi connectivity index (χ2n) is 5.52. The lowest BCUT2D eigenvalue weighted by Gasteiger charge is -2.34. The lowest BCUT2D eigenvalue weighted by molar-refractivity contribution is 0.0676. The van der Waals surface area contributed by atoms with Gasteiger partial charge in [0.05, 0.1) is 16.8 Å². The van der Waals surface area contributed by atoms with Gasteiger partial charge in [0, 0.05) is 44.3 Å². The number of nitrogens with zero attached hydrogens (tertiary/aromatic N) is 4. The van der Waals surface area contributed by atoms with E-state index in [9.17, 15) is 9.59 Å². The first-order valence-corrected chi connectivity index (χ1v) is 8.25. The number of rotatable bonds is 2. The molecule has 0 aromatic carbocycles. The van der Waals surface area contributed by atoms with Crippen LogP contribution in [0.25, 0.3) is 0 Å². The van der Waals surface area contributed by atoms with E-state index in [4.69, 9.17) is 0 Å². The lowest BCUT2D eigenvalue weighted by atomic mass is 10.3. The molecule has 122 valence electrons. The minimum absolute atomic E-state index is 0.0513. The van der Waals surface area contributed by atoms with E-state index in [0.29, 0.717) is 31.9 Å². The van der Waals surface area contributed by atoms with Crippen LogP contribution in [0.15, 0.2) is 24.5 Å². The third kappa shape index (κ3) is 3.53. The molecule has 0 spiro atoms. The average molecular weight is 333 g/mol. The van der Waals surface area contributed by atoms with Gasteiger partial charge in [0.2, 0.25) is 0 Å². The number of urea groups is 1. The summed E-state index contributed by atoms with van der Waals surface area (Å²) in [5, 5.41) is 6.83. The van der Waals surface area contributed by atoms with Crippen molar-refractivity contribution >= 4 is 29.0 Å². The van der Waals surface area contributed by atoms with Crippen molar-refractivity contribution in [2.75, 3.05) is 31.5 Å². The van der Waals surface area contributed by atoms with E-state index in [1.54, 1.807) is 33.9 Å². The third-order valence-electron chi connectivity index (χ3n) is 3.76. The molecular weight excluding hydrogens is 314 g/mol. The Hall–Kier alpha value is -2.35. The molecule has 0 unspecified atom stereocenters. The molecule has 1 aliphatic heterocycles. The highest BCUT2D eigenvalue weighted by Gasteiger charge is 2.25. The molecule has 2 aromatic heterocycles. The van der Waals surface area contributed by atoms with Crippen molar-refractivity contribution in [3.05, 3.63) is 34.3 Å². The largest absolute Gasteiger partial charge is 0.334 e. The SMILES string of the molecule is Cc1ccc(C(=O)N2CCN(C(=O)Nc3cnn(C)c3)CC2)s1. The number of carbonyl (C=O) groups excluding carboxylic acids is 2. The molecule has 7 nitrogen and oxygen atoms in total. The summed E-state index contributed by atoms with van der Waals surface area (Å²) in [7, 11) is 1.80. The summed E-state index contributed by atoms with van der Waals surface area (Å²) in [4.78, 5) is 30.0. The van der Waals surface area contributed by atoms with Gasteiger partial charge in [0.25, 0.3) is 5.91 Å². The van der Waals surface area contributed by atoms with Crippen molar-refractivity contribution in [3.63, 3.8) is 0 Å². The Kier molecular flexibility index (Phi) is 4.33. The van der Waals surface area contributed by atoms with Gasteiger partial charge < -0.3 is 15.1 Å². The summed E-state index contributed by atoms with van der Waals surface area (Å²) in [6.45, 7) is 4.15. The maximum Gasteiger partial charge on any atom is 0.322 e. The van der Waals surface area contributed by atoms with Gasteiger partial charge in [-0.25, -0.2) is 4.79 Å². The number of hydrogen-bond donors (Lipinski definition) is 1. The molecule has 3 rings (SSSR count). The fraction of sp³-hybridized carbons (Fsp3) is 0.400. The molecule has 0 bridgehead atoms. The van der Waals surface area contributed by atoms with Gasteiger partial charge >= 0.3 is 6.03 Å². The van der Waals surface area contributed by atoms with Gasteiger partial charge in [-0.15, -0.1) is 11.3 Å². The normalized spacial score (nSPS) is 14.9. The first kappa shape index (κ1) is 15.5. The standard InChI is InChI=1S/C15H19N5O2S/c1-11-3-4-13(23-11)14(21)19-5-7-20(8-6-19)15(22)17-12-9-16-18(2)10-12/h3-4,9-10H,5-8H2,1-2H3,(H,17,22). The Bertz CT molecular complexity index is 715. The Morgan fingerprint density at radius 1 is 1.17 bits per heavy atom. The molecular formula is C15H19N5O2S. The van der Waals surface area contributed by atoms with E-state index in [1.807, 2.05) is 19.1 Å². The van der Waals surface area contributed by atoms with E-state index in [1.165, 1.54) is 11.3 Å². The highest BCUT2D eigenvalue weighted by Crippen LogP contribution is 2.18. The van der Waals surface area contributed by atoms with Gasteiger partial charge in [-0.1, -0.05) is 0 Å². The molecule has 0 saturated carbocycles. The van der Waals surface area contributed by atoms with Crippen LogP contribution in [0.2, 0.25) is 0 Å². The van der Waals surface area contributed by atoms with E-state index in [-0.39, 0.29) is 11.9 Å². The van der Waals surface area contributed by atoms with Crippen LogP contribution in [0.4, 0.5) is 10.5 Å². The van der Waals surface area contributed by atoms with Gasteiger partial charge in [-0.05, 0) is 19.1 Å². The van der Waals surface area contributed by atoms with Gasteiger partial charge in [-0.3, -0.25) is 9.48 Å². The van der Waals surface area contributed by atoms with Crippen LogP contribution in [-0.2, 0) is 7.05 Å². The van der Waals surface area contributed by atoms with Crippen LogP contribution < -0.4 is 5.32 Å². The minimum atomic E-state index is -0.155. The van der Waals surface area contributed by atoms with Crippen LogP contribution in [-0.4, -0.2) is 57.7 Å². The van der Waals surface area contributed by atoms with Crippen LogP contribution in [0.1, 0.15) is 14.5 Å². The molecule has 8 heteroatoms. The summed E-state index contributed by atoms with van der Waals surface area (Å²) < 4.78 is 1.63. The first-order chi connectivity index (χ1) is 11.0. The van der Waals surface area contributed by atoms with E-state index in [2.05, 4.69) is 10.4 Å².